The van der Waals surface area contributed by atoms with E-state index in [1.807, 2.05) is 39.0 Å². The summed E-state index contributed by atoms with van der Waals surface area (Å²) < 4.78 is 44.9. The van der Waals surface area contributed by atoms with E-state index in [1.165, 1.54) is 12.1 Å². The topological polar surface area (TPSA) is 91.2 Å². The van der Waals surface area contributed by atoms with Gasteiger partial charge in [0.05, 0.1) is 17.4 Å². The van der Waals surface area contributed by atoms with Crippen molar-refractivity contribution in [3.63, 3.8) is 0 Å². The highest BCUT2D eigenvalue weighted by atomic mass is 19.4. The average molecular weight is 512 g/mol. The van der Waals surface area contributed by atoms with Gasteiger partial charge in [0.2, 0.25) is 0 Å². The Morgan fingerprint density at radius 3 is 2.57 bits per heavy atom. The van der Waals surface area contributed by atoms with Gasteiger partial charge in [-0.1, -0.05) is 24.3 Å². The van der Waals surface area contributed by atoms with Crippen LogP contribution in [-0.4, -0.2) is 39.3 Å². The molecule has 1 aliphatic heterocycles. The van der Waals surface area contributed by atoms with Crippen molar-refractivity contribution >= 4 is 23.8 Å². The Balaban J connectivity index is 1.62. The molecule has 0 radical (unpaired) electrons. The number of alkyl halides is 3. The summed E-state index contributed by atoms with van der Waals surface area (Å²) in [4.78, 5) is 22.9. The van der Waals surface area contributed by atoms with Crippen molar-refractivity contribution < 1.29 is 22.7 Å². The van der Waals surface area contributed by atoms with Crippen molar-refractivity contribution in [1.29, 1.82) is 5.41 Å². The van der Waals surface area contributed by atoms with Crippen molar-refractivity contribution in [1.82, 2.24) is 14.9 Å². The largest absolute Gasteiger partial charge is 0.444 e. The number of benzene rings is 1. The fourth-order valence-electron chi connectivity index (χ4n) is 4.16. The Bertz CT molecular complexity index is 1300. The van der Waals surface area contributed by atoms with Crippen molar-refractivity contribution in [2.75, 3.05) is 11.9 Å². The van der Waals surface area contributed by atoms with Gasteiger partial charge in [-0.15, -0.1) is 0 Å². The first kappa shape index (κ1) is 26.1. The van der Waals surface area contributed by atoms with Crippen LogP contribution in [0.25, 0.3) is 11.3 Å². The molecule has 10 heteroatoms. The zero-order valence-corrected chi connectivity index (χ0v) is 20.8. The molecule has 1 saturated heterocycles. The molecule has 4 rings (SSSR count). The van der Waals surface area contributed by atoms with Crippen LogP contribution >= 0.6 is 0 Å². The maximum absolute atomic E-state index is 13.1. The number of carbonyl (C=O) groups excluding carboxylic acids is 1. The lowest BCUT2D eigenvalue weighted by molar-refractivity contribution is -0.141. The molecule has 1 amide bonds. The van der Waals surface area contributed by atoms with Crippen LogP contribution in [0.4, 0.5) is 29.5 Å². The second-order valence-electron chi connectivity index (χ2n) is 9.76. The van der Waals surface area contributed by atoms with E-state index in [9.17, 15) is 18.0 Å². The van der Waals surface area contributed by atoms with Crippen LogP contribution in [0.2, 0.25) is 0 Å². The maximum atomic E-state index is 13.1. The molecule has 1 aromatic carbocycles. The quantitative estimate of drug-likeness (QED) is 0.361. The van der Waals surface area contributed by atoms with E-state index >= 15 is 0 Å². The number of anilines is 2. The van der Waals surface area contributed by atoms with Gasteiger partial charge in [0.1, 0.15) is 17.1 Å². The summed E-state index contributed by atoms with van der Waals surface area (Å²) in [5.74, 6) is 0.00995. The Labute approximate surface area is 213 Å². The van der Waals surface area contributed by atoms with Crippen LogP contribution in [0.3, 0.4) is 0 Å². The Kier molecular flexibility index (Phi) is 7.20. The summed E-state index contributed by atoms with van der Waals surface area (Å²) in [7, 11) is 0. The molecule has 2 N–H and O–H groups in total. The molecule has 3 heterocycles. The van der Waals surface area contributed by atoms with E-state index in [-0.39, 0.29) is 18.0 Å². The summed E-state index contributed by atoms with van der Waals surface area (Å²) >= 11 is 0. The lowest BCUT2D eigenvalue weighted by atomic mass is 10.0. The molecule has 194 valence electrons. The standard InChI is InChI=1S/C27H28F3N5O2/c1-26(2,3)37-25(36)35-14-6-9-22(35)20-8-4-7-19(32-20)17-12-13-18(16-31)21(15-17)33-24-11-5-10-23(34-24)27(28,29)30/h4-5,7-8,10-13,15-16,22,31H,6,9,14H2,1-3H3,(H,33,34). The molecule has 1 fully saturated rings. The smallest absolute Gasteiger partial charge is 0.433 e. The van der Waals surface area contributed by atoms with Gasteiger partial charge < -0.3 is 15.5 Å². The van der Waals surface area contributed by atoms with Crippen molar-refractivity contribution in [2.45, 2.75) is 51.4 Å². The minimum absolute atomic E-state index is 0.00995. The first-order valence-corrected chi connectivity index (χ1v) is 11.9. The average Bonchev–Trinajstić information content (AvgIpc) is 3.33. The zero-order chi connectivity index (χ0) is 26.8. The number of rotatable bonds is 5. The predicted molar refractivity (Wildman–Crippen MR) is 135 cm³/mol. The number of amides is 1. The van der Waals surface area contributed by atoms with E-state index in [1.54, 1.807) is 23.1 Å². The number of aromatic nitrogens is 2. The van der Waals surface area contributed by atoms with Crippen LogP contribution in [0, 0.1) is 5.41 Å². The Morgan fingerprint density at radius 1 is 1.11 bits per heavy atom. The monoisotopic (exact) mass is 511 g/mol. The lowest BCUT2D eigenvalue weighted by Gasteiger charge is -2.28. The van der Waals surface area contributed by atoms with Crippen LogP contribution in [0.1, 0.15) is 56.6 Å². The second kappa shape index (κ2) is 10.2. The number of likely N-dealkylation sites (tertiary alicyclic amines) is 1. The van der Waals surface area contributed by atoms with Crippen molar-refractivity contribution in [3.05, 3.63) is 71.5 Å². The first-order valence-electron chi connectivity index (χ1n) is 11.9. The minimum atomic E-state index is -4.57. The number of halogens is 3. The molecule has 1 aliphatic rings. The second-order valence-corrected chi connectivity index (χ2v) is 9.76. The van der Waals surface area contributed by atoms with E-state index in [2.05, 4.69) is 10.3 Å². The first-order chi connectivity index (χ1) is 17.4. The van der Waals surface area contributed by atoms with Gasteiger partial charge in [-0.2, -0.15) is 13.2 Å². The molecule has 3 aromatic rings. The molecular weight excluding hydrogens is 483 g/mol. The Hall–Kier alpha value is -3.95. The molecule has 7 nitrogen and oxygen atoms in total. The number of pyridine rings is 2. The van der Waals surface area contributed by atoms with E-state index in [0.717, 1.165) is 30.8 Å². The molecule has 1 atom stereocenters. The fraction of sp³-hybridized carbons (Fsp3) is 0.333. The third kappa shape index (κ3) is 6.25. The molecule has 1 unspecified atom stereocenters. The third-order valence-electron chi connectivity index (χ3n) is 5.80. The number of nitrogens with zero attached hydrogens (tertiary/aromatic N) is 3. The third-order valence-corrected chi connectivity index (χ3v) is 5.80. The van der Waals surface area contributed by atoms with Crippen LogP contribution in [-0.2, 0) is 10.9 Å². The molecule has 0 saturated carbocycles. The number of carbonyl (C=O) groups is 1. The van der Waals surface area contributed by atoms with Gasteiger partial charge in [0.25, 0.3) is 0 Å². The fourth-order valence-corrected chi connectivity index (χ4v) is 4.16. The molecule has 0 aliphatic carbocycles. The normalized spacial score (nSPS) is 15.9. The number of hydrogen-bond acceptors (Lipinski definition) is 6. The molecule has 2 aromatic heterocycles. The van der Waals surface area contributed by atoms with E-state index in [4.69, 9.17) is 15.1 Å². The predicted octanol–water partition coefficient (Wildman–Crippen LogP) is 6.98. The lowest BCUT2D eigenvalue weighted by Crippen LogP contribution is -2.36. The summed E-state index contributed by atoms with van der Waals surface area (Å²) in [6, 6.07) is 14.1. The summed E-state index contributed by atoms with van der Waals surface area (Å²) in [5.41, 5.74) is 1.34. The van der Waals surface area contributed by atoms with Gasteiger partial charge in [-0.3, -0.25) is 9.88 Å². The van der Waals surface area contributed by atoms with Gasteiger partial charge in [0, 0.05) is 29.6 Å². The molecule has 37 heavy (non-hydrogen) atoms. The van der Waals surface area contributed by atoms with E-state index < -0.39 is 17.5 Å². The van der Waals surface area contributed by atoms with Crippen LogP contribution in [0.15, 0.2) is 54.6 Å². The summed E-state index contributed by atoms with van der Waals surface area (Å²) in [5, 5.41) is 10.6. The Morgan fingerprint density at radius 2 is 1.86 bits per heavy atom. The number of hydrogen-bond donors (Lipinski definition) is 2. The number of ether oxygens (including phenoxy) is 1. The molecule has 0 spiro atoms. The van der Waals surface area contributed by atoms with Crippen molar-refractivity contribution in [3.8, 4) is 11.3 Å². The van der Waals surface area contributed by atoms with Gasteiger partial charge >= 0.3 is 12.3 Å². The SMILES string of the molecule is CC(C)(C)OC(=O)N1CCCC1c1cccc(-c2ccc(C=N)c(Nc3cccc(C(F)(F)F)n3)c2)n1. The van der Waals surface area contributed by atoms with Gasteiger partial charge in [-0.05, 0) is 63.9 Å². The van der Waals surface area contributed by atoms with Crippen LogP contribution in [0.5, 0.6) is 0 Å². The molecular formula is C27H28F3N5O2. The summed E-state index contributed by atoms with van der Waals surface area (Å²) in [6.07, 6.45) is -2.24. The highest BCUT2D eigenvalue weighted by Gasteiger charge is 2.34. The number of nitrogens with one attached hydrogen (secondary N) is 2. The zero-order valence-electron chi connectivity index (χ0n) is 20.8. The highest BCUT2D eigenvalue weighted by molar-refractivity contribution is 5.89. The van der Waals surface area contributed by atoms with Gasteiger partial charge in [-0.25, -0.2) is 9.78 Å². The maximum Gasteiger partial charge on any atom is 0.433 e. The van der Waals surface area contributed by atoms with Gasteiger partial charge in [0.15, 0.2) is 0 Å². The minimum Gasteiger partial charge on any atom is -0.444 e. The summed E-state index contributed by atoms with van der Waals surface area (Å²) in [6.45, 7) is 6.06. The highest BCUT2D eigenvalue weighted by Crippen LogP contribution is 2.34. The van der Waals surface area contributed by atoms with Crippen LogP contribution < -0.4 is 5.32 Å². The van der Waals surface area contributed by atoms with E-state index in [0.29, 0.717) is 29.1 Å². The van der Waals surface area contributed by atoms with Crippen molar-refractivity contribution in [2.24, 2.45) is 0 Å². The molecule has 0 bridgehead atoms.